The van der Waals surface area contributed by atoms with Crippen molar-refractivity contribution in [1.82, 2.24) is 9.97 Å². The van der Waals surface area contributed by atoms with Crippen molar-refractivity contribution in [3.8, 4) is 22.5 Å². The second-order valence-electron chi connectivity index (χ2n) is 5.86. The Morgan fingerprint density at radius 2 is 1.38 bits per heavy atom. The summed E-state index contributed by atoms with van der Waals surface area (Å²) in [5.74, 6) is 0.731. The number of hydrogen-bond acceptors (Lipinski definition) is 3. The SMILES string of the molecule is c1ccc(-c2nc(C3OCCCCO3)[nH]c2-c2ccccc2)cc1. The number of aromatic amines is 1. The zero-order valence-electron chi connectivity index (χ0n) is 13.4. The molecule has 0 aliphatic carbocycles. The van der Waals surface area contributed by atoms with Crippen LogP contribution in [0.15, 0.2) is 60.7 Å². The lowest BCUT2D eigenvalue weighted by Gasteiger charge is -2.12. The first-order valence-electron chi connectivity index (χ1n) is 8.36. The average molecular weight is 320 g/mol. The Balaban J connectivity index is 1.79. The second kappa shape index (κ2) is 6.99. The van der Waals surface area contributed by atoms with Crippen molar-refractivity contribution in [2.45, 2.75) is 19.1 Å². The van der Waals surface area contributed by atoms with Gasteiger partial charge in [-0.2, -0.15) is 0 Å². The normalized spacial score (nSPS) is 16.0. The summed E-state index contributed by atoms with van der Waals surface area (Å²) < 4.78 is 11.6. The van der Waals surface area contributed by atoms with E-state index in [1.165, 1.54) is 0 Å². The molecule has 4 heteroatoms. The first kappa shape index (κ1) is 15.1. The third-order valence-electron chi connectivity index (χ3n) is 4.13. The molecule has 0 unspecified atom stereocenters. The minimum atomic E-state index is -0.424. The lowest BCUT2D eigenvalue weighted by atomic mass is 10.1. The van der Waals surface area contributed by atoms with E-state index >= 15 is 0 Å². The quantitative estimate of drug-likeness (QED) is 0.769. The van der Waals surface area contributed by atoms with Crippen LogP contribution in [0.2, 0.25) is 0 Å². The van der Waals surface area contributed by atoms with Crippen LogP contribution in [0, 0.1) is 0 Å². The van der Waals surface area contributed by atoms with Gasteiger partial charge >= 0.3 is 0 Å². The molecule has 1 aliphatic heterocycles. The fourth-order valence-corrected chi connectivity index (χ4v) is 2.91. The largest absolute Gasteiger partial charge is 0.346 e. The first-order valence-corrected chi connectivity index (χ1v) is 8.36. The highest BCUT2D eigenvalue weighted by molar-refractivity contribution is 5.78. The third-order valence-corrected chi connectivity index (χ3v) is 4.13. The number of aromatic nitrogens is 2. The maximum atomic E-state index is 5.81. The number of H-pyrrole nitrogens is 1. The standard InChI is InChI=1S/C20H20N2O2/c1-3-9-15(10-4-1)17-18(16-11-5-2-6-12-16)22-19(21-17)20-23-13-7-8-14-24-20/h1-6,9-12,20H,7-8,13-14H2,(H,21,22). The number of benzene rings is 2. The van der Waals surface area contributed by atoms with E-state index in [0.29, 0.717) is 13.2 Å². The molecular weight excluding hydrogens is 300 g/mol. The Morgan fingerprint density at radius 1 is 0.792 bits per heavy atom. The van der Waals surface area contributed by atoms with E-state index in [1.54, 1.807) is 0 Å². The molecule has 2 heterocycles. The van der Waals surface area contributed by atoms with Crippen molar-refractivity contribution >= 4 is 0 Å². The molecule has 4 nitrogen and oxygen atoms in total. The van der Waals surface area contributed by atoms with Gasteiger partial charge in [-0.05, 0) is 12.8 Å². The molecule has 122 valence electrons. The van der Waals surface area contributed by atoms with Gasteiger partial charge in [0, 0.05) is 11.1 Å². The Bertz CT molecular complexity index is 719. The van der Waals surface area contributed by atoms with E-state index < -0.39 is 6.29 Å². The zero-order valence-corrected chi connectivity index (χ0v) is 13.4. The molecule has 0 amide bonds. The van der Waals surface area contributed by atoms with Crippen LogP contribution in [0.4, 0.5) is 0 Å². The predicted molar refractivity (Wildman–Crippen MR) is 93.3 cm³/mol. The molecule has 0 radical (unpaired) electrons. The third kappa shape index (κ3) is 3.11. The van der Waals surface area contributed by atoms with Gasteiger partial charge in [-0.25, -0.2) is 4.98 Å². The van der Waals surface area contributed by atoms with Gasteiger partial charge in [-0.3, -0.25) is 0 Å². The molecule has 4 rings (SSSR count). The molecule has 1 aromatic heterocycles. The van der Waals surface area contributed by atoms with Crippen LogP contribution < -0.4 is 0 Å². The van der Waals surface area contributed by atoms with Gasteiger partial charge in [-0.15, -0.1) is 0 Å². The highest BCUT2D eigenvalue weighted by atomic mass is 16.7. The van der Waals surface area contributed by atoms with Crippen LogP contribution in [0.1, 0.15) is 25.0 Å². The van der Waals surface area contributed by atoms with Crippen LogP contribution in [-0.4, -0.2) is 23.2 Å². The summed E-state index contributed by atoms with van der Waals surface area (Å²) in [6.45, 7) is 1.40. The second-order valence-corrected chi connectivity index (χ2v) is 5.86. The Kier molecular flexibility index (Phi) is 4.40. The fourth-order valence-electron chi connectivity index (χ4n) is 2.91. The monoisotopic (exact) mass is 320 g/mol. The maximum Gasteiger partial charge on any atom is 0.217 e. The van der Waals surface area contributed by atoms with Gasteiger partial charge in [0.15, 0.2) is 5.82 Å². The Morgan fingerprint density at radius 3 is 2.00 bits per heavy atom. The predicted octanol–water partition coefficient (Wildman–Crippen LogP) is 4.57. The summed E-state index contributed by atoms with van der Waals surface area (Å²) in [4.78, 5) is 8.25. The van der Waals surface area contributed by atoms with Gasteiger partial charge in [-0.1, -0.05) is 60.7 Å². The smallest absolute Gasteiger partial charge is 0.217 e. The van der Waals surface area contributed by atoms with Crippen molar-refractivity contribution in [2.75, 3.05) is 13.2 Å². The summed E-state index contributed by atoms with van der Waals surface area (Å²) in [5, 5.41) is 0. The van der Waals surface area contributed by atoms with Crippen molar-refractivity contribution in [1.29, 1.82) is 0 Å². The van der Waals surface area contributed by atoms with Crippen molar-refractivity contribution in [2.24, 2.45) is 0 Å². The molecule has 1 fully saturated rings. The van der Waals surface area contributed by atoms with Crippen LogP contribution >= 0.6 is 0 Å². The summed E-state index contributed by atoms with van der Waals surface area (Å²) in [6, 6.07) is 20.4. The molecule has 0 spiro atoms. The van der Waals surface area contributed by atoms with Crippen LogP contribution in [0.5, 0.6) is 0 Å². The lowest BCUT2D eigenvalue weighted by molar-refractivity contribution is -0.134. The Labute approximate surface area is 141 Å². The van der Waals surface area contributed by atoms with Crippen molar-refractivity contribution < 1.29 is 9.47 Å². The van der Waals surface area contributed by atoms with E-state index in [1.807, 2.05) is 36.4 Å². The van der Waals surface area contributed by atoms with E-state index in [-0.39, 0.29) is 0 Å². The van der Waals surface area contributed by atoms with Crippen LogP contribution in [0.25, 0.3) is 22.5 Å². The number of ether oxygens (including phenoxy) is 2. The molecule has 1 N–H and O–H groups in total. The topological polar surface area (TPSA) is 47.1 Å². The molecule has 1 saturated heterocycles. The molecule has 0 bridgehead atoms. The number of nitrogens with one attached hydrogen (secondary N) is 1. The average Bonchev–Trinajstić information content (AvgIpc) is 2.91. The minimum Gasteiger partial charge on any atom is -0.346 e. The van der Waals surface area contributed by atoms with E-state index in [9.17, 15) is 0 Å². The summed E-state index contributed by atoms with van der Waals surface area (Å²) in [6.07, 6.45) is 1.62. The van der Waals surface area contributed by atoms with Gasteiger partial charge in [0.2, 0.25) is 6.29 Å². The van der Waals surface area contributed by atoms with Gasteiger partial charge in [0.25, 0.3) is 0 Å². The van der Waals surface area contributed by atoms with Gasteiger partial charge < -0.3 is 14.5 Å². The van der Waals surface area contributed by atoms with Crippen LogP contribution in [0.3, 0.4) is 0 Å². The molecular formula is C20H20N2O2. The number of rotatable bonds is 3. The van der Waals surface area contributed by atoms with E-state index in [4.69, 9.17) is 14.5 Å². The zero-order chi connectivity index (χ0) is 16.2. The number of hydrogen-bond donors (Lipinski definition) is 1. The van der Waals surface area contributed by atoms with Crippen LogP contribution in [-0.2, 0) is 9.47 Å². The van der Waals surface area contributed by atoms with Crippen molar-refractivity contribution in [3.63, 3.8) is 0 Å². The lowest BCUT2D eigenvalue weighted by Crippen LogP contribution is -2.08. The summed E-state index contributed by atoms with van der Waals surface area (Å²) >= 11 is 0. The minimum absolute atomic E-state index is 0.424. The van der Waals surface area contributed by atoms with Crippen molar-refractivity contribution in [3.05, 3.63) is 66.5 Å². The highest BCUT2D eigenvalue weighted by Gasteiger charge is 2.22. The molecule has 3 aromatic rings. The number of nitrogens with zero attached hydrogens (tertiary/aromatic N) is 1. The van der Waals surface area contributed by atoms with E-state index in [0.717, 1.165) is 41.2 Å². The molecule has 2 aromatic carbocycles. The maximum absolute atomic E-state index is 5.81. The van der Waals surface area contributed by atoms with Gasteiger partial charge in [0.05, 0.1) is 24.6 Å². The Hall–Kier alpha value is -2.43. The fraction of sp³-hybridized carbons (Fsp3) is 0.250. The molecule has 1 aliphatic rings. The summed E-state index contributed by atoms with van der Waals surface area (Å²) in [5.41, 5.74) is 4.10. The molecule has 0 saturated carbocycles. The first-order chi connectivity index (χ1) is 11.9. The van der Waals surface area contributed by atoms with E-state index in [2.05, 4.69) is 29.2 Å². The summed E-state index contributed by atoms with van der Waals surface area (Å²) in [7, 11) is 0. The highest BCUT2D eigenvalue weighted by Crippen LogP contribution is 2.32. The molecule has 24 heavy (non-hydrogen) atoms. The molecule has 0 atom stereocenters. The number of imidazole rings is 1. The van der Waals surface area contributed by atoms with Gasteiger partial charge in [0.1, 0.15) is 0 Å².